The van der Waals surface area contributed by atoms with Crippen molar-refractivity contribution in [1.82, 2.24) is 14.6 Å². The Kier molecular flexibility index (Phi) is 9.64. The van der Waals surface area contributed by atoms with Gasteiger partial charge in [0.05, 0.1) is 29.7 Å². The molecule has 4 aliphatic rings. The Hall–Kier alpha value is -3.81. The van der Waals surface area contributed by atoms with E-state index >= 15 is 0 Å². The molecule has 12 nitrogen and oxygen atoms in total. The van der Waals surface area contributed by atoms with Crippen LogP contribution in [-0.2, 0) is 33.9 Å². The van der Waals surface area contributed by atoms with E-state index in [0.717, 1.165) is 19.3 Å². The molecule has 1 N–H and O–H groups in total. The molecule has 2 aromatic rings. The molecule has 1 saturated heterocycles. The van der Waals surface area contributed by atoms with Crippen LogP contribution < -0.4 is 9.46 Å². The Labute approximate surface area is 285 Å². The Morgan fingerprint density at radius 3 is 2.65 bits per heavy atom. The zero-order chi connectivity index (χ0) is 35.1. The molecule has 2 aliphatic heterocycles. The van der Waals surface area contributed by atoms with Gasteiger partial charge in [-0.15, -0.1) is 0 Å². The lowest BCUT2D eigenvalue weighted by atomic mass is 9.90. The van der Waals surface area contributed by atoms with Crippen LogP contribution >= 0.6 is 0 Å². The van der Waals surface area contributed by atoms with Gasteiger partial charge in [0.25, 0.3) is 0 Å². The van der Waals surface area contributed by atoms with Gasteiger partial charge in [0.1, 0.15) is 23.0 Å². The minimum Gasteiger partial charge on any atom is -0.460 e. The lowest BCUT2D eigenvalue weighted by Gasteiger charge is -2.29. The molecule has 3 heterocycles. The second-order valence-corrected chi connectivity index (χ2v) is 16.9. The largest absolute Gasteiger partial charge is 0.460 e. The number of sulfonamides is 1. The third-order valence-corrected chi connectivity index (χ3v) is 11.6. The van der Waals surface area contributed by atoms with Crippen molar-refractivity contribution in [3.63, 3.8) is 0 Å². The maximum absolute atomic E-state index is 14.3. The topological polar surface area (TPSA) is 162 Å². The summed E-state index contributed by atoms with van der Waals surface area (Å²) in [5.74, 6) is -3.61. The van der Waals surface area contributed by atoms with Crippen molar-refractivity contribution < 1.29 is 45.9 Å². The summed E-state index contributed by atoms with van der Waals surface area (Å²) in [4.78, 5) is 60.9. The van der Waals surface area contributed by atoms with E-state index in [9.17, 15) is 32.0 Å². The summed E-state index contributed by atoms with van der Waals surface area (Å²) in [5.41, 5.74) is -1.46. The summed E-state index contributed by atoms with van der Waals surface area (Å²) in [7, 11) is -3.85. The summed E-state index contributed by atoms with van der Waals surface area (Å²) >= 11 is 0. The molecular formula is C35H44FN3O9S. The van der Waals surface area contributed by atoms with Gasteiger partial charge in [-0.2, -0.15) is 4.98 Å². The molecular weight excluding hydrogens is 657 g/mol. The van der Waals surface area contributed by atoms with Crippen molar-refractivity contribution in [2.24, 2.45) is 17.3 Å². The van der Waals surface area contributed by atoms with Gasteiger partial charge in [0.2, 0.25) is 21.8 Å². The van der Waals surface area contributed by atoms with Crippen LogP contribution in [-0.4, -0.2) is 71.4 Å². The van der Waals surface area contributed by atoms with Gasteiger partial charge in [0, 0.05) is 24.8 Å². The first-order valence-electron chi connectivity index (χ1n) is 17.1. The van der Waals surface area contributed by atoms with E-state index < -0.39 is 73.7 Å². The molecule has 0 bridgehead atoms. The number of esters is 1. The number of amides is 2. The number of ether oxygens (including phenoxy) is 2. The average molecular weight is 702 g/mol. The minimum absolute atomic E-state index is 0.0221. The number of oxazole rings is 1. The number of carbonyl (C=O) groups is 4. The number of nitrogens with one attached hydrogen (secondary N) is 1. The number of rotatable bonds is 7. The zero-order valence-electron chi connectivity index (χ0n) is 28.1. The molecule has 2 aliphatic carbocycles. The number of allylic oxidation sites excluding steroid dienone is 2. The molecule has 2 saturated carbocycles. The van der Waals surface area contributed by atoms with E-state index in [-0.39, 0.29) is 43.4 Å². The normalized spacial score (nSPS) is 28.9. The van der Waals surface area contributed by atoms with E-state index in [1.807, 2.05) is 12.2 Å². The monoisotopic (exact) mass is 701 g/mol. The second-order valence-electron chi connectivity index (χ2n) is 14.9. The first-order chi connectivity index (χ1) is 23.1. The van der Waals surface area contributed by atoms with Gasteiger partial charge >= 0.3 is 12.0 Å². The van der Waals surface area contributed by atoms with Crippen LogP contribution in [0.15, 0.2) is 34.8 Å². The number of fused-ring (bicyclic) bond motifs is 3. The highest BCUT2D eigenvalue weighted by atomic mass is 32.2. The van der Waals surface area contributed by atoms with Crippen LogP contribution in [0.25, 0.3) is 11.1 Å². The summed E-state index contributed by atoms with van der Waals surface area (Å²) < 4.78 is 58.7. The molecule has 49 heavy (non-hydrogen) atoms. The lowest BCUT2D eigenvalue weighted by Crippen LogP contribution is -2.46. The Morgan fingerprint density at radius 2 is 1.92 bits per heavy atom. The smallest absolute Gasteiger partial charge is 0.394 e. The zero-order valence-corrected chi connectivity index (χ0v) is 28.9. The Morgan fingerprint density at radius 1 is 1.14 bits per heavy atom. The molecule has 5 atom stereocenters. The predicted molar refractivity (Wildman–Crippen MR) is 175 cm³/mol. The van der Waals surface area contributed by atoms with Crippen molar-refractivity contribution in [1.29, 1.82) is 0 Å². The third-order valence-electron chi connectivity index (χ3n) is 9.76. The fourth-order valence-corrected chi connectivity index (χ4v) is 8.36. The molecule has 0 spiro atoms. The van der Waals surface area contributed by atoms with Gasteiger partial charge < -0.3 is 18.8 Å². The van der Waals surface area contributed by atoms with Crippen molar-refractivity contribution in [2.45, 2.75) is 114 Å². The number of hydrogen-bond donors (Lipinski definition) is 1. The molecule has 1 aromatic carbocycles. The summed E-state index contributed by atoms with van der Waals surface area (Å²) in [6.45, 7) is 5.23. The molecule has 0 radical (unpaired) electrons. The quantitative estimate of drug-likeness (QED) is 0.315. The lowest BCUT2D eigenvalue weighted by molar-refractivity contribution is -0.159. The SMILES string of the molecule is CC(C)(C)OC(=O)C[C@H]1CCCCC/C=C\[C@@H]2C[C@@]2(C(=O)NS(=O)(=O)C2CC2)CC(=O)[C@@H]2C[C@@H](Oc3nc4ccc(F)cc4o3)CN2C1=O. The number of benzene rings is 1. The van der Waals surface area contributed by atoms with E-state index in [4.69, 9.17) is 13.9 Å². The molecule has 14 heteroatoms. The standard InChI is InChI=1S/C35H44FN3O9S/c1-34(2,3)48-30(41)15-21-9-7-5-4-6-8-10-22-18-35(22,32(43)38-49(44,45)25-12-13-25)19-28(40)27-17-24(20-39(27)31(21)42)46-33-37-26-14-11-23(36)16-29(26)47-33/h8,10-11,14,16,21-22,24-25,27H,4-7,9,12-13,15,17-20H2,1-3H3,(H,38,43)/b10-8-/t21-,22-,24-,27+,35-/m1/s1. The molecule has 1 aromatic heterocycles. The van der Waals surface area contributed by atoms with Crippen LogP contribution in [0.5, 0.6) is 6.08 Å². The highest BCUT2D eigenvalue weighted by Gasteiger charge is 2.61. The van der Waals surface area contributed by atoms with Crippen molar-refractivity contribution in [3.05, 3.63) is 36.2 Å². The van der Waals surface area contributed by atoms with Crippen LogP contribution in [0.1, 0.15) is 91.4 Å². The number of carbonyl (C=O) groups excluding carboxylic acids is 4. The van der Waals surface area contributed by atoms with Gasteiger partial charge in [-0.1, -0.05) is 25.0 Å². The number of aromatic nitrogens is 1. The molecule has 6 rings (SSSR count). The van der Waals surface area contributed by atoms with Gasteiger partial charge in [-0.3, -0.25) is 23.9 Å². The average Bonchev–Trinajstić information content (AvgIpc) is 3.90. The number of Topliss-reactive ketones (excluding diaryl/α,β-unsaturated/α-hetero) is 1. The Bertz CT molecular complexity index is 1760. The summed E-state index contributed by atoms with van der Waals surface area (Å²) in [5, 5.41) is -0.607. The van der Waals surface area contributed by atoms with Crippen LogP contribution in [0.2, 0.25) is 0 Å². The fourth-order valence-electron chi connectivity index (χ4n) is 6.98. The molecule has 3 fully saturated rings. The number of nitrogens with zero attached hydrogens (tertiary/aromatic N) is 2. The van der Waals surface area contributed by atoms with E-state index in [2.05, 4.69) is 9.71 Å². The molecule has 266 valence electrons. The van der Waals surface area contributed by atoms with Crippen molar-refractivity contribution in [3.8, 4) is 6.08 Å². The van der Waals surface area contributed by atoms with E-state index in [1.165, 1.54) is 23.1 Å². The number of halogens is 1. The van der Waals surface area contributed by atoms with Gasteiger partial charge in [0.15, 0.2) is 11.4 Å². The van der Waals surface area contributed by atoms with E-state index in [0.29, 0.717) is 37.6 Å². The van der Waals surface area contributed by atoms with Gasteiger partial charge in [-0.25, -0.2) is 12.8 Å². The predicted octanol–water partition coefficient (Wildman–Crippen LogP) is 4.76. The maximum atomic E-state index is 14.3. The summed E-state index contributed by atoms with van der Waals surface area (Å²) in [6, 6.07) is 2.85. The van der Waals surface area contributed by atoms with Crippen LogP contribution in [0.4, 0.5) is 4.39 Å². The van der Waals surface area contributed by atoms with Crippen LogP contribution in [0, 0.1) is 23.1 Å². The minimum atomic E-state index is -3.85. The van der Waals surface area contributed by atoms with Crippen molar-refractivity contribution in [2.75, 3.05) is 6.54 Å². The third kappa shape index (κ3) is 8.16. The molecule has 2 amide bonds. The van der Waals surface area contributed by atoms with Gasteiger partial charge in [-0.05, 0) is 77.3 Å². The second kappa shape index (κ2) is 13.5. The maximum Gasteiger partial charge on any atom is 0.394 e. The van der Waals surface area contributed by atoms with Crippen LogP contribution in [0.3, 0.4) is 0 Å². The number of ketones is 1. The van der Waals surface area contributed by atoms with E-state index in [1.54, 1.807) is 20.8 Å². The highest BCUT2D eigenvalue weighted by Crippen LogP contribution is 2.57. The van der Waals surface area contributed by atoms with Crippen molar-refractivity contribution >= 4 is 44.7 Å². The summed E-state index contributed by atoms with van der Waals surface area (Å²) in [6.07, 6.45) is 7.31. The highest BCUT2D eigenvalue weighted by molar-refractivity contribution is 7.90. The first kappa shape index (κ1) is 35.0. The Balaban J connectivity index is 1.28. The number of hydrogen-bond acceptors (Lipinski definition) is 10. The molecule has 0 unspecified atom stereocenters. The first-order valence-corrected chi connectivity index (χ1v) is 18.7. The fraction of sp³-hybridized carbons (Fsp3) is 0.629.